The van der Waals surface area contributed by atoms with Crippen LogP contribution in [-0.4, -0.2) is 58.5 Å². The molecule has 150 valence electrons. The summed E-state index contributed by atoms with van der Waals surface area (Å²) < 4.78 is 16.8. The van der Waals surface area contributed by atoms with Crippen LogP contribution in [0, 0.1) is 0 Å². The Kier molecular flexibility index (Phi) is 5.31. The molecule has 0 bridgehead atoms. The summed E-state index contributed by atoms with van der Waals surface area (Å²) in [5.74, 6) is -0.145. The number of carbonyl (C=O) groups is 2. The van der Waals surface area contributed by atoms with Crippen LogP contribution in [0.2, 0.25) is 0 Å². The van der Waals surface area contributed by atoms with E-state index in [4.69, 9.17) is 14.2 Å². The molecule has 8 heteroatoms. The number of hydrogen-bond donors (Lipinski definition) is 1. The number of methoxy groups -OCH3 is 1. The first-order valence-corrected chi connectivity index (χ1v) is 9.00. The van der Waals surface area contributed by atoms with Crippen molar-refractivity contribution in [3.05, 3.63) is 30.5 Å². The summed E-state index contributed by atoms with van der Waals surface area (Å²) in [5, 5.41) is 11.1. The van der Waals surface area contributed by atoms with Gasteiger partial charge in [-0.05, 0) is 38.3 Å². The largest absolute Gasteiger partial charge is 0.496 e. The van der Waals surface area contributed by atoms with E-state index >= 15 is 0 Å². The fraction of sp³-hybridized carbons (Fsp3) is 0.450. The molecule has 1 aliphatic rings. The third kappa shape index (κ3) is 4.11. The number of aliphatic carboxylic acids is 1. The second-order valence-electron chi connectivity index (χ2n) is 7.64. The van der Waals surface area contributed by atoms with Gasteiger partial charge in [0, 0.05) is 12.6 Å². The molecular weight excluding hydrogens is 364 g/mol. The number of rotatable bonds is 4. The second-order valence-corrected chi connectivity index (χ2v) is 7.64. The second kappa shape index (κ2) is 7.53. The zero-order chi connectivity index (χ0) is 20.5. The molecule has 0 aliphatic carbocycles. The lowest BCUT2D eigenvalue weighted by Crippen LogP contribution is -2.43. The number of pyridine rings is 1. The number of amides is 1. The van der Waals surface area contributed by atoms with Crippen molar-refractivity contribution in [1.82, 2.24) is 9.88 Å². The van der Waals surface area contributed by atoms with E-state index in [1.807, 2.05) is 18.2 Å². The van der Waals surface area contributed by atoms with Gasteiger partial charge in [-0.1, -0.05) is 12.1 Å². The number of benzene rings is 1. The van der Waals surface area contributed by atoms with Crippen LogP contribution in [0.1, 0.15) is 27.2 Å². The van der Waals surface area contributed by atoms with Crippen LogP contribution >= 0.6 is 0 Å². The van der Waals surface area contributed by atoms with E-state index in [0.717, 1.165) is 5.39 Å². The number of fused-ring (bicyclic) bond motifs is 1. The van der Waals surface area contributed by atoms with Gasteiger partial charge in [0.05, 0.1) is 19.0 Å². The molecule has 28 heavy (non-hydrogen) atoms. The average Bonchev–Trinajstić information content (AvgIpc) is 3.04. The third-order valence-electron chi connectivity index (χ3n) is 4.39. The summed E-state index contributed by atoms with van der Waals surface area (Å²) in [6, 6.07) is 6.40. The summed E-state index contributed by atoms with van der Waals surface area (Å²) in [7, 11) is 1.56. The summed E-state index contributed by atoms with van der Waals surface area (Å²) >= 11 is 0. The molecule has 1 N–H and O–H groups in total. The Hall–Kier alpha value is -3.03. The molecule has 1 aromatic carbocycles. The van der Waals surface area contributed by atoms with Crippen molar-refractivity contribution in [2.45, 2.75) is 44.9 Å². The number of carbonyl (C=O) groups excluding carboxylic acids is 1. The molecular formula is C20H24N2O6. The molecule has 1 aliphatic heterocycles. The van der Waals surface area contributed by atoms with Crippen LogP contribution < -0.4 is 9.47 Å². The van der Waals surface area contributed by atoms with Crippen LogP contribution in [0.3, 0.4) is 0 Å². The van der Waals surface area contributed by atoms with Gasteiger partial charge < -0.3 is 19.3 Å². The summed E-state index contributed by atoms with van der Waals surface area (Å²) in [5.41, 5.74) is -0.719. The number of hydrogen-bond acceptors (Lipinski definition) is 6. The number of ether oxygens (including phenoxy) is 3. The van der Waals surface area contributed by atoms with E-state index in [2.05, 4.69) is 4.98 Å². The zero-order valence-electron chi connectivity index (χ0n) is 16.3. The molecule has 1 fully saturated rings. The quantitative estimate of drug-likeness (QED) is 0.859. The molecule has 0 spiro atoms. The maximum atomic E-state index is 12.4. The Morgan fingerprint density at radius 3 is 2.64 bits per heavy atom. The number of nitrogens with zero attached hydrogens (tertiary/aromatic N) is 2. The molecule has 0 saturated carbocycles. The minimum Gasteiger partial charge on any atom is -0.496 e. The lowest BCUT2D eigenvalue weighted by molar-refractivity contribution is -0.142. The van der Waals surface area contributed by atoms with E-state index in [1.165, 1.54) is 4.90 Å². The monoisotopic (exact) mass is 388 g/mol. The zero-order valence-corrected chi connectivity index (χ0v) is 16.3. The van der Waals surface area contributed by atoms with Crippen LogP contribution in [-0.2, 0) is 9.53 Å². The molecule has 1 aromatic heterocycles. The van der Waals surface area contributed by atoms with Gasteiger partial charge in [0.25, 0.3) is 0 Å². The van der Waals surface area contributed by atoms with Gasteiger partial charge in [0.15, 0.2) is 0 Å². The molecule has 2 heterocycles. The fourth-order valence-electron chi connectivity index (χ4n) is 3.22. The molecule has 2 aromatic rings. The fourth-order valence-corrected chi connectivity index (χ4v) is 3.22. The van der Waals surface area contributed by atoms with Crippen molar-refractivity contribution in [3.8, 4) is 11.6 Å². The first-order chi connectivity index (χ1) is 13.2. The Balaban J connectivity index is 1.85. The highest BCUT2D eigenvalue weighted by Crippen LogP contribution is 2.34. The smallest absolute Gasteiger partial charge is 0.411 e. The molecule has 1 saturated heterocycles. The highest BCUT2D eigenvalue weighted by atomic mass is 16.6. The highest BCUT2D eigenvalue weighted by molar-refractivity contribution is 5.92. The van der Waals surface area contributed by atoms with Crippen molar-refractivity contribution in [2.24, 2.45) is 0 Å². The molecule has 8 nitrogen and oxygen atoms in total. The van der Waals surface area contributed by atoms with E-state index in [1.54, 1.807) is 40.1 Å². The Bertz CT molecular complexity index is 887. The maximum absolute atomic E-state index is 12.4. The average molecular weight is 388 g/mol. The minimum atomic E-state index is -1.10. The Morgan fingerprint density at radius 2 is 2.00 bits per heavy atom. The first kappa shape index (κ1) is 19.7. The van der Waals surface area contributed by atoms with Crippen LogP contribution in [0.25, 0.3) is 10.8 Å². The van der Waals surface area contributed by atoms with Crippen LogP contribution in [0.4, 0.5) is 4.79 Å². The summed E-state index contributed by atoms with van der Waals surface area (Å²) in [6.07, 6.45) is 0.555. The minimum absolute atomic E-state index is 0.0963. The normalized spacial score (nSPS) is 19.5. The van der Waals surface area contributed by atoms with Gasteiger partial charge in [0.2, 0.25) is 5.88 Å². The number of carboxylic acids is 1. The molecule has 3 rings (SSSR count). The van der Waals surface area contributed by atoms with Gasteiger partial charge in [-0.2, -0.15) is 0 Å². The van der Waals surface area contributed by atoms with Gasteiger partial charge in [-0.25, -0.2) is 14.6 Å². The topological polar surface area (TPSA) is 98.2 Å². The van der Waals surface area contributed by atoms with E-state index in [9.17, 15) is 14.7 Å². The van der Waals surface area contributed by atoms with Crippen molar-refractivity contribution < 1.29 is 28.9 Å². The number of carboxylic acid groups (broad SMARTS) is 1. The standard InChI is InChI=1S/C20H24N2O6/c1-20(2,3)28-19(25)22-11-13(10-14(22)18(23)24)27-17-16-12(8-9-21-17)6-5-7-15(16)26-4/h5-9,13-14H,10-11H2,1-4H3,(H,23,24)/t13?,14-/m0/s1. The van der Waals surface area contributed by atoms with Gasteiger partial charge >= 0.3 is 12.1 Å². The molecule has 2 atom stereocenters. The third-order valence-corrected chi connectivity index (χ3v) is 4.39. The lowest BCUT2D eigenvalue weighted by Gasteiger charge is -2.26. The van der Waals surface area contributed by atoms with E-state index in [0.29, 0.717) is 17.0 Å². The van der Waals surface area contributed by atoms with Gasteiger partial charge in [-0.15, -0.1) is 0 Å². The van der Waals surface area contributed by atoms with Crippen molar-refractivity contribution in [2.75, 3.05) is 13.7 Å². The maximum Gasteiger partial charge on any atom is 0.411 e. The Labute approximate surface area is 163 Å². The first-order valence-electron chi connectivity index (χ1n) is 9.00. The number of likely N-dealkylation sites (tertiary alicyclic amines) is 1. The Morgan fingerprint density at radius 1 is 1.25 bits per heavy atom. The van der Waals surface area contributed by atoms with Gasteiger partial charge in [0.1, 0.15) is 23.5 Å². The predicted octanol–water partition coefficient (Wildman–Crippen LogP) is 3.08. The summed E-state index contributed by atoms with van der Waals surface area (Å²) in [4.78, 5) is 29.6. The van der Waals surface area contributed by atoms with Crippen LogP contribution in [0.5, 0.6) is 11.6 Å². The van der Waals surface area contributed by atoms with Crippen molar-refractivity contribution in [1.29, 1.82) is 0 Å². The van der Waals surface area contributed by atoms with E-state index in [-0.39, 0.29) is 13.0 Å². The van der Waals surface area contributed by atoms with Gasteiger partial charge in [-0.3, -0.25) is 4.90 Å². The van der Waals surface area contributed by atoms with Crippen molar-refractivity contribution >= 4 is 22.8 Å². The van der Waals surface area contributed by atoms with Crippen molar-refractivity contribution in [3.63, 3.8) is 0 Å². The van der Waals surface area contributed by atoms with E-state index < -0.39 is 29.8 Å². The summed E-state index contributed by atoms with van der Waals surface area (Å²) in [6.45, 7) is 5.30. The highest BCUT2D eigenvalue weighted by Gasteiger charge is 2.43. The molecule has 1 amide bonds. The lowest BCUT2D eigenvalue weighted by atomic mass is 10.1. The molecule has 0 radical (unpaired) electrons. The van der Waals surface area contributed by atoms with Crippen LogP contribution in [0.15, 0.2) is 30.5 Å². The predicted molar refractivity (Wildman–Crippen MR) is 102 cm³/mol. The molecule has 1 unspecified atom stereocenters. The number of aromatic nitrogens is 1. The SMILES string of the molecule is COc1cccc2ccnc(OC3C[C@@H](C(=O)O)N(C(=O)OC(C)(C)C)C3)c12.